The summed E-state index contributed by atoms with van der Waals surface area (Å²) in [5.41, 5.74) is 13.8. The second-order valence-electron chi connectivity index (χ2n) is 3.25. The quantitative estimate of drug-likeness (QED) is 0.685. The van der Waals surface area contributed by atoms with Crippen LogP contribution in [-0.4, -0.2) is 5.91 Å². The molecule has 0 unspecified atom stereocenters. The highest BCUT2D eigenvalue weighted by Crippen LogP contribution is 2.14. The molecule has 1 aromatic carbocycles. The van der Waals surface area contributed by atoms with E-state index in [9.17, 15) is 4.79 Å². The molecule has 1 amide bonds. The first kappa shape index (κ1) is 10.3. The molecule has 0 aliphatic carbocycles. The molecule has 0 radical (unpaired) electrons. The Morgan fingerprint density at radius 3 is 2.50 bits per heavy atom. The Balaban J connectivity index is 3.15. The summed E-state index contributed by atoms with van der Waals surface area (Å²) in [4.78, 5) is 10.7. The number of carbonyl (C=O) groups is 1. The van der Waals surface area contributed by atoms with E-state index in [2.05, 4.69) is 0 Å². The van der Waals surface area contributed by atoms with Crippen molar-refractivity contribution in [1.29, 1.82) is 0 Å². The van der Waals surface area contributed by atoms with Gasteiger partial charge in [0.05, 0.1) is 5.70 Å². The molecule has 0 fully saturated rings. The van der Waals surface area contributed by atoms with Crippen LogP contribution in [0.4, 0.5) is 0 Å². The topological polar surface area (TPSA) is 69.1 Å². The van der Waals surface area contributed by atoms with E-state index < -0.39 is 5.91 Å². The van der Waals surface area contributed by atoms with Gasteiger partial charge in [-0.05, 0) is 36.6 Å². The normalized spacial score (nSPS) is 11.4. The fourth-order valence-corrected chi connectivity index (χ4v) is 1.17. The van der Waals surface area contributed by atoms with E-state index in [0.29, 0.717) is 0 Å². The van der Waals surface area contributed by atoms with Crippen molar-refractivity contribution >= 4 is 12.0 Å². The Kier molecular flexibility index (Phi) is 2.92. The lowest BCUT2D eigenvalue weighted by molar-refractivity contribution is -0.114. The first-order valence-electron chi connectivity index (χ1n) is 4.35. The Bertz CT molecular complexity index is 394. The molecule has 0 aromatic heterocycles. The number of primary amides is 1. The summed E-state index contributed by atoms with van der Waals surface area (Å²) in [5.74, 6) is -0.592. The summed E-state index contributed by atoms with van der Waals surface area (Å²) in [6, 6.07) is 5.83. The van der Waals surface area contributed by atoms with Gasteiger partial charge in [0.1, 0.15) is 0 Å². The SMILES string of the molecule is Cc1cccc(/C=C(\N)C(N)=O)c1C. The Hall–Kier alpha value is -1.77. The van der Waals surface area contributed by atoms with E-state index in [1.807, 2.05) is 32.0 Å². The summed E-state index contributed by atoms with van der Waals surface area (Å²) in [6.45, 7) is 3.99. The van der Waals surface area contributed by atoms with E-state index in [1.54, 1.807) is 6.08 Å². The second-order valence-corrected chi connectivity index (χ2v) is 3.25. The van der Waals surface area contributed by atoms with E-state index >= 15 is 0 Å². The van der Waals surface area contributed by atoms with Crippen molar-refractivity contribution in [3.05, 3.63) is 40.6 Å². The summed E-state index contributed by atoms with van der Waals surface area (Å²) in [5, 5.41) is 0. The number of hydrogen-bond acceptors (Lipinski definition) is 2. The lowest BCUT2D eigenvalue weighted by atomic mass is 10.0. The minimum absolute atomic E-state index is 0.0821. The van der Waals surface area contributed by atoms with Crippen LogP contribution in [-0.2, 0) is 4.79 Å². The maximum atomic E-state index is 10.7. The molecular weight excluding hydrogens is 176 g/mol. The predicted octanol–water partition coefficient (Wildman–Crippen LogP) is 1.09. The van der Waals surface area contributed by atoms with Crippen LogP contribution in [0.25, 0.3) is 6.08 Å². The van der Waals surface area contributed by atoms with Crippen LogP contribution in [0.2, 0.25) is 0 Å². The molecule has 0 saturated heterocycles. The van der Waals surface area contributed by atoms with E-state index in [1.165, 1.54) is 0 Å². The molecule has 0 heterocycles. The molecule has 74 valence electrons. The van der Waals surface area contributed by atoms with Crippen molar-refractivity contribution in [1.82, 2.24) is 0 Å². The maximum absolute atomic E-state index is 10.7. The third-order valence-electron chi connectivity index (χ3n) is 2.24. The van der Waals surface area contributed by atoms with Gasteiger partial charge in [-0.15, -0.1) is 0 Å². The van der Waals surface area contributed by atoms with Crippen LogP contribution in [0.5, 0.6) is 0 Å². The van der Waals surface area contributed by atoms with Crippen molar-refractivity contribution in [2.75, 3.05) is 0 Å². The molecule has 0 spiro atoms. The Morgan fingerprint density at radius 2 is 1.93 bits per heavy atom. The molecule has 0 bridgehead atoms. The summed E-state index contributed by atoms with van der Waals surface area (Å²) >= 11 is 0. The van der Waals surface area contributed by atoms with Gasteiger partial charge in [-0.2, -0.15) is 0 Å². The van der Waals surface area contributed by atoms with Crippen LogP contribution >= 0.6 is 0 Å². The third kappa shape index (κ3) is 2.13. The van der Waals surface area contributed by atoms with E-state index in [4.69, 9.17) is 11.5 Å². The second kappa shape index (κ2) is 3.96. The van der Waals surface area contributed by atoms with Crippen LogP contribution < -0.4 is 11.5 Å². The molecule has 0 atom stereocenters. The van der Waals surface area contributed by atoms with Crippen LogP contribution in [0.1, 0.15) is 16.7 Å². The van der Waals surface area contributed by atoms with Crippen molar-refractivity contribution < 1.29 is 4.79 Å². The summed E-state index contributed by atoms with van der Waals surface area (Å²) in [7, 11) is 0. The fourth-order valence-electron chi connectivity index (χ4n) is 1.17. The Labute approximate surface area is 83.4 Å². The monoisotopic (exact) mass is 190 g/mol. The summed E-state index contributed by atoms with van der Waals surface area (Å²) in [6.07, 6.45) is 1.60. The highest BCUT2D eigenvalue weighted by Gasteiger charge is 2.01. The van der Waals surface area contributed by atoms with Gasteiger partial charge in [0.25, 0.3) is 5.91 Å². The number of rotatable bonds is 2. The molecular formula is C11H14N2O. The van der Waals surface area contributed by atoms with Gasteiger partial charge in [0.2, 0.25) is 0 Å². The molecule has 0 saturated carbocycles. The van der Waals surface area contributed by atoms with Crippen molar-refractivity contribution in [3.8, 4) is 0 Å². The third-order valence-corrected chi connectivity index (χ3v) is 2.24. The zero-order valence-corrected chi connectivity index (χ0v) is 8.37. The zero-order valence-electron chi connectivity index (χ0n) is 8.37. The average molecular weight is 190 g/mol. The van der Waals surface area contributed by atoms with Gasteiger partial charge >= 0.3 is 0 Å². The minimum Gasteiger partial charge on any atom is -0.394 e. The molecule has 3 nitrogen and oxygen atoms in total. The summed E-state index contributed by atoms with van der Waals surface area (Å²) < 4.78 is 0. The van der Waals surface area contributed by atoms with E-state index in [0.717, 1.165) is 16.7 Å². The largest absolute Gasteiger partial charge is 0.394 e. The zero-order chi connectivity index (χ0) is 10.7. The minimum atomic E-state index is -0.592. The molecule has 1 aromatic rings. The number of amides is 1. The smallest absolute Gasteiger partial charge is 0.264 e. The maximum Gasteiger partial charge on any atom is 0.264 e. The standard InChI is InChI=1S/C11H14N2O/c1-7-4-3-5-9(8(7)2)6-10(12)11(13)14/h3-6H,12H2,1-2H3,(H2,13,14)/b10-6-. The molecule has 14 heavy (non-hydrogen) atoms. The number of benzene rings is 1. The lowest BCUT2D eigenvalue weighted by Gasteiger charge is -2.04. The van der Waals surface area contributed by atoms with Crippen LogP contribution in [0.15, 0.2) is 23.9 Å². The van der Waals surface area contributed by atoms with Crippen LogP contribution in [0, 0.1) is 13.8 Å². The highest BCUT2D eigenvalue weighted by atomic mass is 16.1. The first-order valence-corrected chi connectivity index (χ1v) is 4.35. The molecule has 1 rings (SSSR count). The number of aryl methyl sites for hydroxylation is 1. The highest BCUT2D eigenvalue weighted by molar-refractivity contribution is 5.95. The van der Waals surface area contributed by atoms with Gasteiger partial charge in [0.15, 0.2) is 0 Å². The number of hydrogen-bond donors (Lipinski definition) is 2. The molecule has 0 aliphatic heterocycles. The van der Waals surface area contributed by atoms with Crippen molar-refractivity contribution in [3.63, 3.8) is 0 Å². The Morgan fingerprint density at radius 1 is 1.29 bits per heavy atom. The fraction of sp³-hybridized carbons (Fsp3) is 0.182. The molecule has 4 N–H and O–H groups in total. The van der Waals surface area contributed by atoms with Crippen LogP contribution in [0.3, 0.4) is 0 Å². The van der Waals surface area contributed by atoms with Crippen molar-refractivity contribution in [2.24, 2.45) is 11.5 Å². The van der Waals surface area contributed by atoms with Crippen molar-refractivity contribution in [2.45, 2.75) is 13.8 Å². The van der Waals surface area contributed by atoms with Gasteiger partial charge in [0, 0.05) is 0 Å². The van der Waals surface area contributed by atoms with Gasteiger partial charge in [-0.3, -0.25) is 4.79 Å². The van der Waals surface area contributed by atoms with E-state index in [-0.39, 0.29) is 5.70 Å². The molecule has 0 aliphatic rings. The lowest BCUT2D eigenvalue weighted by Crippen LogP contribution is -2.19. The predicted molar refractivity (Wildman–Crippen MR) is 57.3 cm³/mol. The number of carbonyl (C=O) groups excluding carboxylic acids is 1. The first-order chi connectivity index (χ1) is 6.52. The average Bonchev–Trinajstić information content (AvgIpc) is 2.12. The van der Waals surface area contributed by atoms with Gasteiger partial charge < -0.3 is 11.5 Å². The number of nitrogens with two attached hydrogens (primary N) is 2. The van der Waals surface area contributed by atoms with Gasteiger partial charge in [-0.25, -0.2) is 0 Å². The molecule has 3 heteroatoms. The van der Waals surface area contributed by atoms with Gasteiger partial charge in [-0.1, -0.05) is 18.2 Å².